The van der Waals surface area contributed by atoms with Crippen molar-refractivity contribution >= 4 is 61.0 Å². The molecule has 0 bridgehead atoms. The summed E-state index contributed by atoms with van der Waals surface area (Å²) in [5.41, 5.74) is 0.892. The fraction of sp³-hybridized carbons (Fsp3) is 0. The fourth-order valence-corrected chi connectivity index (χ4v) is 2.90. The van der Waals surface area contributed by atoms with E-state index >= 15 is 0 Å². The second kappa shape index (κ2) is 3.67. The van der Waals surface area contributed by atoms with Crippen LogP contribution in [0.4, 0.5) is 0 Å². The first-order chi connectivity index (χ1) is 6.18. The van der Waals surface area contributed by atoms with E-state index < -0.39 is 0 Å². The van der Waals surface area contributed by atoms with Gasteiger partial charge in [0.05, 0.1) is 5.52 Å². The third kappa shape index (κ3) is 1.80. The molecule has 0 radical (unpaired) electrons. The van der Waals surface area contributed by atoms with Crippen LogP contribution in [0.5, 0.6) is 0 Å². The molecule has 0 saturated heterocycles. The lowest BCUT2D eigenvalue weighted by molar-refractivity contribution is 1.22. The van der Waals surface area contributed by atoms with E-state index in [9.17, 15) is 0 Å². The minimum Gasteiger partial charge on any atom is -0.235 e. The maximum Gasteiger partial charge on any atom is 0.140 e. The summed E-state index contributed by atoms with van der Waals surface area (Å²) in [4.78, 5) is 8.08. The Balaban J connectivity index is 2.94. The SMILES string of the molecule is Clc1ncnc2c(I)cc(Br)cc12. The van der Waals surface area contributed by atoms with Crippen LogP contribution in [0, 0.1) is 3.57 Å². The second-order valence-electron chi connectivity index (χ2n) is 2.45. The Morgan fingerprint density at radius 3 is 2.85 bits per heavy atom. The molecule has 0 aliphatic rings. The van der Waals surface area contributed by atoms with Gasteiger partial charge in [-0.3, -0.25) is 0 Å². The molecule has 1 aromatic carbocycles. The van der Waals surface area contributed by atoms with Crippen molar-refractivity contribution in [1.82, 2.24) is 9.97 Å². The van der Waals surface area contributed by atoms with Crippen molar-refractivity contribution in [3.05, 3.63) is 31.7 Å². The Kier molecular flexibility index (Phi) is 2.71. The van der Waals surface area contributed by atoms with Gasteiger partial charge < -0.3 is 0 Å². The van der Waals surface area contributed by atoms with Gasteiger partial charge in [-0.2, -0.15) is 0 Å². The first kappa shape index (κ1) is 9.61. The molecule has 0 fully saturated rings. The molecule has 0 spiro atoms. The number of halogens is 3. The first-order valence-electron chi connectivity index (χ1n) is 3.44. The number of fused-ring (bicyclic) bond motifs is 1. The summed E-state index contributed by atoms with van der Waals surface area (Å²) in [6.45, 7) is 0. The molecule has 0 N–H and O–H groups in total. The average molecular weight is 369 g/mol. The summed E-state index contributed by atoms with van der Waals surface area (Å²) >= 11 is 11.5. The smallest absolute Gasteiger partial charge is 0.140 e. The number of hydrogen-bond acceptors (Lipinski definition) is 2. The Bertz CT molecular complexity index is 475. The van der Waals surface area contributed by atoms with Gasteiger partial charge in [-0.05, 0) is 34.7 Å². The summed E-state index contributed by atoms with van der Waals surface area (Å²) in [7, 11) is 0. The normalized spacial score (nSPS) is 10.7. The largest absolute Gasteiger partial charge is 0.235 e. The van der Waals surface area contributed by atoms with E-state index in [4.69, 9.17) is 11.6 Å². The summed E-state index contributed by atoms with van der Waals surface area (Å²) in [6, 6.07) is 3.91. The molecular weight excluding hydrogens is 366 g/mol. The van der Waals surface area contributed by atoms with Gasteiger partial charge in [-0.25, -0.2) is 9.97 Å². The predicted molar refractivity (Wildman–Crippen MR) is 65.0 cm³/mol. The van der Waals surface area contributed by atoms with E-state index in [0.717, 1.165) is 18.9 Å². The van der Waals surface area contributed by atoms with Crippen molar-refractivity contribution in [2.75, 3.05) is 0 Å². The van der Waals surface area contributed by atoms with Crippen molar-refractivity contribution in [3.63, 3.8) is 0 Å². The quantitative estimate of drug-likeness (QED) is 0.523. The zero-order valence-corrected chi connectivity index (χ0v) is 10.8. The van der Waals surface area contributed by atoms with Crippen LogP contribution in [0.3, 0.4) is 0 Å². The van der Waals surface area contributed by atoms with Gasteiger partial charge in [-0.15, -0.1) is 0 Å². The lowest BCUT2D eigenvalue weighted by Gasteiger charge is -2.01. The summed E-state index contributed by atoms with van der Waals surface area (Å²) in [6.07, 6.45) is 1.47. The van der Waals surface area contributed by atoms with Crippen LogP contribution in [0.1, 0.15) is 0 Å². The van der Waals surface area contributed by atoms with E-state index in [-0.39, 0.29) is 0 Å². The van der Waals surface area contributed by atoms with Gasteiger partial charge in [0.1, 0.15) is 11.5 Å². The average Bonchev–Trinajstić information content (AvgIpc) is 2.07. The number of nitrogens with zero attached hydrogens (tertiary/aromatic N) is 2. The van der Waals surface area contributed by atoms with Crippen LogP contribution in [0.15, 0.2) is 22.9 Å². The number of rotatable bonds is 0. The molecule has 5 heteroatoms. The third-order valence-corrected chi connectivity index (χ3v) is 3.19. The van der Waals surface area contributed by atoms with Crippen molar-refractivity contribution < 1.29 is 0 Å². The summed E-state index contributed by atoms with van der Waals surface area (Å²) in [5.74, 6) is 0. The lowest BCUT2D eigenvalue weighted by atomic mass is 10.2. The fourth-order valence-electron chi connectivity index (χ4n) is 1.06. The van der Waals surface area contributed by atoms with Crippen molar-refractivity contribution in [1.29, 1.82) is 0 Å². The molecule has 2 nitrogen and oxygen atoms in total. The molecule has 0 saturated carbocycles. The van der Waals surface area contributed by atoms with Crippen molar-refractivity contribution in [3.8, 4) is 0 Å². The molecule has 2 aromatic rings. The zero-order chi connectivity index (χ0) is 9.42. The number of aromatic nitrogens is 2. The molecule has 0 atom stereocenters. The van der Waals surface area contributed by atoms with Crippen molar-refractivity contribution in [2.24, 2.45) is 0 Å². The van der Waals surface area contributed by atoms with Gasteiger partial charge in [0, 0.05) is 13.4 Å². The highest BCUT2D eigenvalue weighted by Gasteiger charge is 2.05. The van der Waals surface area contributed by atoms with E-state index in [2.05, 4.69) is 48.5 Å². The summed E-state index contributed by atoms with van der Waals surface area (Å²) in [5, 5.41) is 1.37. The third-order valence-electron chi connectivity index (χ3n) is 1.61. The minimum atomic E-state index is 0.490. The van der Waals surface area contributed by atoms with E-state index in [1.807, 2.05) is 12.1 Å². The standard InChI is InChI=1S/C8H3BrClIN2/c9-4-1-5-7(6(11)2-4)12-3-13-8(5)10/h1-3H. The van der Waals surface area contributed by atoms with Gasteiger partial charge in [-0.1, -0.05) is 27.5 Å². The first-order valence-corrected chi connectivity index (χ1v) is 5.68. The molecule has 0 amide bonds. The highest BCUT2D eigenvalue weighted by molar-refractivity contribution is 14.1. The zero-order valence-electron chi connectivity index (χ0n) is 6.26. The molecule has 1 aromatic heterocycles. The predicted octanol–water partition coefficient (Wildman–Crippen LogP) is 3.65. The second-order valence-corrected chi connectivity index (χ2v) is 4.88. The molecule has 2 rings (SSSR count). The molecule has 1 heterocycles. The topological polar surface area (TPSA) is 25.8 Å². The summed E-state index contributed by atoms with van der Waals surface area (Å²) < 4.78 is 2.05. The Morgan fingerprint density at radius 1 is 1.31 bits per heavy atom. The Morgan fingerprint density at radius 2 is 2.08 bits per heavy atom. The van der Waals surface area contributed by atoms with E-state index in [1.54, 1.807) is 0 Å². The van der Waals surface area contributed by atoms with Crippen molar-refractivity contribution in [2.45, 2.75) is 0 Å². The Labute approximate surface area is 102 Å². The monoisotopic (exact) mass is 368 g/mol. The van der Waals surface area contributed by atoms with Gasteiger partial charge in [0.2, 0.25) is 0 Å². The number of benzene rings is 1. The van der Waals surface area contributed by atoms with Crippen LogP contribution in [0.25, 0.3) is 10.9 Å². The van der Waals surface area contributed by atoms with Crippen LogP contribution < -0.4 is 0 Å². The van der Waals surface area contributed by atoms with Crippen LogP contribution in [0.2, 0.25) is 5.15 Å². The molecular formula is C8H3BrClIN2. The van der Waals surface area contributed by atoms with E-state index in [0.29, 0.717) is 5.15 Å². The Hall–Kier alpha value is 0.0600. The van der Waals surface area contributed by atoms with Gasteiger partial charge in [0.15, 0.2) is 0 Å². The van der Waals surface area contributed by atoms with E-state index in [1.165, 1.54) is 6.33 Å². The maximum atomic E-state index is 5.93. The van der Waals surface area contributed by atoms with Gasteiger partial charge >= 0.3 is 0 Å². The molecule has 0 aliphatic carbocycles. The molecule has 0 unspecified atom stereocenters. The van der Waals surface area contributed by atoms with Crippen LogP contribution in [-0.4, -0.2) is 9.97 Å². The van der Waals surface area contributed by atoms with Crippen LogP contribution >= 0.6 is 50.1 Å². The molecule has 0 aliphatic heterocycles. The molecule has 66 valence electrons. The minimum absolute atomic E-state index is 0.490. The number of hydrogen-bond donors (Lipinski definition) is 0. The maximum absolute atomic E-state index is 5.93. The highest BCUT2D eigenvalue weighted by Crippen LogP contribution is 2.27. The molecule has 13 heavy (non-hydrogen) atoms. The highest BCUT2D eigenvalue weighted by atomic mass is 127. The lowest BCUT2D eigenvalue weighted by Crippen LogP contribution is -1.86. The van der Waals surface area contributed by atoms with Crippen LogP contribution in [-0.2, 0) is 0 Å². The van der Waals surface area contributed by atoms with Gasteiger partial charge in [0.25, 0.3) is 0 Å².